The Morgan fingerprint density at radius 2 is 2.04 bits per heavy atom. The van der Waals surface area contributed by atoms with Gasteiger partial charge >= 0.3 is 0 Å². The first-order chi connectivity index (χ1) is 13.4. The molecule has 1 amide bonds. The standard InChI is InChI=1S/C22H18ClN3O2/c1-13-5-4-6-19(14(13)2)26-22(27)17(12-24)10-16-9-15-11-18(28-3)7-8-20(15)25-21(16)23/h4-11H,1-3H3,(H,26,27)/b17-10+. The molecule has 0 bridgehead atoms. The minimum Gasteiger partial charge on any atom is -0.497 e. The van der Waals surface area contributed by atoms with Crippen LogP contribution in [0.2, 0.25) is 5.15 Å². The van der Waals surface area contributed by atoms with Crippen LogP contribution in [0.25, 0.3) is 17.0 Å². The summed E-state index contributed by atoms with van der Waals surface area (Å²) in [7, 11) is 1.58. The molecule has 0 aliphatic carbocycles. The van der Waals surface area contributed by atoms with Gasteiger partial charge in [-0.1, -0.05) is 23.7 Å². The molecule has 2 aromatic carbocycles. The molecule has 0 atom stereocenters. The van der Waals surface area contributed by atoms with Gasteiger partial charge < -0.3 is 10.1 Å². The number of carbonyl (C=O) groups is 1. The van der Waals surface area contributed by atoms with Crippen molar-refractivity contribution < 1.29 is 9.53 Å². The Balaban J connectivity index is 1.97. The predicted molar refractivity (Wildman–Crippen MR) is 111 cm³/mol. The monoisotopic (exact) mass is 391 g/mol. The highest BCUT2D eigenvalue weighted by Gasteiger charge is 2.13. The molecule has 3 rings (SSSR count). The number of aryl methyl sites for hydroxylation is 1. The zero-order valence-corrected chi connectivity index (χ0v) is 16.5. The maximum absolute atomic E-state index is 12.6. The zero-order valence-electron chi connectivity index (χ0n) is 15.7. The first-order valence-corrected chi connectivity index (χ1v) is 8.94. The lowest BCUT2D eigenvalue weighted by atomic mass is 10.1. The molecular weight excluding hydrogens is 374 g/mol. The summed E-state index contributed by atoms with van der Waals surface area (Å²) in [6, 6.07) is 14.7. The largest absolute Gasteiger partial charge is 0.497 e. The van der Waals surface area contributed by atoms with Gasteiger partial charge in [-0.2, -0.15) is 5.26 Å². The van der Waals surface area contributed by atoms with Crippen LogP contribution in [0.15, 0.2) is 48.0 Å². The summed E-state index contributed by atoms with van der Waals surface area (Å²) in [5.74, 6) is 0.178. The van der Waals surface area contributed by atoms with Crippen molar-refractivity contribution in [2.45, 2.75) is 13.8 Å². The average Bonchev–Trinajstić information content (AvgIpc) is 2.69. The molecule has 0 aliphatic rings. The third-order valence-corrected chi connectivity index (χ3v) is 4.82. The number of rotatable bonds is 4. The number of fused-ring (bicyclic) bond motifs is 1. The fourth-order valence-corrected chi connectivity index (χ4v) is 2.96. The quantitative estimate of drug-likeness (QED) is 0.383. The van der Waals surface area contributed by atoms with E-state index in [9.17, 15) is 10.1 Å². The average molecular weight is 392 g/mol. The second kappa shape index (κ2) is 8.12. The minimum atomic E-state index is -0.502. The Kier molecular flexibility index (Phi) is 5.62. The van der Waals surface area contributed by atoms with Gasteiger partial charge in [0, 0.05) is 16.6 Å². The van der Waals surface area contributed by atoms with Gasteiger partial charge in [0.2, 0.25) is 0 Å². The predicted octanol–water partition coefficient (Wildman–Crippen LogP) is 5.06. The molecule has 1 heterocycles. The highest BCUT2D eigenvalue weighted by molar-refractivity contribution is 6.31. The lowest BCUT2D eigenvalue weighted by Crippen LogP contribution is -2.14. The number of hydrogen-bond acceptors (Lipinski definition) is 4. The lowest BCUT2D eigenvalue weighted by Gasteiger charge is -2.10. The number of nitrogens with one attached hydrogen (secondary N) is 1. The maximum atomic E-state index is 12.6. The number of aromatic nitrogens is 1. The van der Waals surface area contributed by atoms with Crippen LogP contribution in [0.1, 0.15) is 16.7 Å². The maximum Gasteiger partial charge on any atom is 0.266 e. The fraction of sp³-hybridized carbons (Fsp3) is 0.136. The number of pyridine rings is 1. The van der Waals surface area contributed by atoms with E-state index in [4.69, 9.17) is 16.3 Å². The van der Waals surface area contributed by atoms with Crippen LogP contribution in [0.3, 0.4) is 0 Å². The van der Waals surface area contributed by atoms with E-state index >= 15 is 0 Å². The third kappa shape index (κ3) is 3.98. The molecular formula is C22H18ClN3O2. The molecule has 6 heteroatoms. The van der Waals surface area contributed by atoms with E-state index in [-0.39, 0.29) is 10.7 Å². The number of nitriles is 1. The molecule has 5 nitrogen and oxygen atoms in total. The molecule has 28 heavy (non-hydrogen) atoms. The molecule has 3 aromatic rings. The van der Waals surface area contributed by atoms with Crippen molar-refractivity contribution in [3.05, 3.63) is 69.9 Å². The SMILES string of the molecule is COc1ccc2nc(Cl)c(/C=C(\C#N)C(=O)Nc3cccc(C)c3C)cc2c1. The van der Waals surface area contributed by atoms with Gasteiger partial charge in [-0.25, -0.2) is 4.98 Å². The number of nitrogens with zero attached hydrogens (tertiary/aromatic N) is 2. The van der Waals surface area contributed by atoms with E-state index < -0.39 is 5.91 Å². The number of hydrogen-bond donors (Lipinski definition) is 1. The Bertz CT molecular complexity index is 1150. The Labute approximate surface area is 168 Å². The molecule has 0 aliphatic heterocycles. The van der Waals surface area contributed by atoms with Crippen LogP contribution < -0.4 is 10.1 Å². The summed E-state index contributed by atoms with van der Waals surface area (Å²) in [4.78, 5) is 16.9. The van der Waals surface area contributed by atoms with E-state index in [0.29, 0.717) is 22.5 Å². The third-order valence-electron chi connectivity index (χ3n) is 4.52. The number of ether oxygens (including phenoxy) is 1. The van der Waals surface area contributed by atoms with Crippen LogP contribution in [-0.4, -0.2) is 18.0 Å². The molecule has 140 valence electrons. The number of halogens is 1. The molecule has 0 radical (unpaired) electrons. The highest BCUT2D eigenvalue weighted by Crippen LogP contribution is 2.26. The van der Waals surface area contributed by atoms with Crippen molar-refractivity contribution in [1.29, 1.82) is 5.26 Å². The van der Waals surface area contributed by atoms with Crippen molar-refractivity contribution in [2.75, 3.05) is 12.4 Å². The molecule has 1 N–H and O–H groups in total. The van der Waals surface area contributed by atoms with Crippen LogP contribution >= 0.6 is 11.6 Å². The van der Waals surface area contributed by atoms with Crippen LogP contribution in [0, 0.1) is 25.2 Å². The van der Waals surface area contributed by atoms with Crippen LogP contribution in [-0.2, 0) is 4.79 Å². The van der Waals surface area contributed by atoms with E-state index in [1.54, 1.807) is 31.4 Å². The van der Waals surface area contributed by atoms with Gasteiger partial charge in [-0.3, -0.25) is 4.79 Å². The topological polar surface area (TPSA) is 75.0 Å². The van der Waals surface area contributed by atoms with E-state index in [1.165, 1.54) is 6.08 Å². The van der Waals surface area contributed by atoms with Gasteiger partial charge in [0.15, 0.2) is 0 Å². The molecule has 0 unspecified atom stereocenters. The summed E-state index contributed by atoms with van der Waals surface area (Å²) < 4.78 is 5.23. The second-order valence-corrected chi connectivity index (χ2v) is 6.66. The molecule has 0 fully saturated rings. The lowest BCUT2D eigenvalue weighted by molar-refractivity contribution is -0.112. The van der Waals surface area contributed by atoms with Crippen molar-refractivity contribution in [3.63, 3.8) is 0 Å². The van der Waals surface area contributed by atoms with Crippen molar-refractivity contribution in [2.24, 2.45) is 0 Å². The number of carbonyl (C=O) groups excluding carboxylic acids is 1. The number of anilines is 1. The van der Waals surface area contributed by atoms with E-state index in [2.05, 4.69) is 10.3 Å². The molecule has 0 spiro atoms. The first-order valence-electron chi connectivity index (χ1n) is 8.56. The second-order valence-electron chi connectivity index (χ2n) is 6.30. The summed E-state index contributed by atoms with van der Waals surface area (Å²) in [5.41, 5.74) is 3.78. The molecule has 1 aromatic heterocycles. The van der Waals surface area contributed by atoms with Gasteiger partial charge in [-0.05, 0) is 61.4 Å². The summed E-state index contributed by atoms with van der Waals surface area (Å²) in [5, 5.41) is 13.3. The smallest absolute Gasteiger partial charge is 0.266 e. The summed E-state index contributed by atoms with van der Waals surface area (Å²) in [6.45, 7) is 3.87. The van der Waals surface area contributed by atoms with Gasteiger partial charge in [0.1, 0.15) is 22.5 Å². The highest BCUT2D eigenvalue weighted by atomic mass is 35.5. The normalized spacial score (nSPS) is 11.2. The van der Waals surface area contributed by atoms with Crippen LogP contribution in [0.5, 0.6) is 5.75 Å². The Morgan fingerprint density at radius 1 is 1.25 bits per heavy atom. The number of benzene rings is 2. The number of methoxy groups -OCH3 is 1. The van der Waals surface area contributed by atoms with Gasteiger partial charge in [-0.15, -0.1) is 0 Å². The molecule has 0 saturated carbocycles. The summed E-state index contributed by atoms with van der Waals surface area (Å²) in [6.07, 6.45) is 1.44. The minimum absolute atomic E-state index is 0.0631. The Morgan fingerprint density at radius 3 is 2.75 bits per heavy atom. The van der Waals surface area contributed by atoms with Gasteiger partial charge in [0.25, 0.3) is 5.91 Å². The van der Waals surface area contributed by atoms with Crippen molar-refractivity contribution in [3.8, 4) is 11.8 Å². The van der Waals surface area contributed by atoms with Crippen LogP contribution in [0.4, 0.5) is 5.69 Å². The van der Waals surface area contributed by atoms with E-state index in [1.807, 2.05) is 38.1 Å². The Hall–Kier alpha value is -3.36. The van der Waals surface area contributed by atoms with E-state index in [0.717, 1.165) is 16.5 Å². The van der Waals surface area contributed by atoms with Gasteiger partial charge in [0.05, 0.1) is 12.6 Å². The summed E-state index contributed by atoms with van der Waals surface area (Å²) >= 11 is 6.26. The van der Waals surface area contributed by atoms with Crippen molar-refractivity contribution in [1.82, 2.24) is 4.98 Å². The first kappa shape index (κ1) is 19.4. The fourth-order valence-electron chi connectivity index (χ4n) is 2.76. The number of amides is 1. The van der Waals surface area contributed by atoms with Crippen molar-refractivity contribution >= 4 is 40.2 Å². The zero-order chi connectivity index (χ0) is 20.3. The molecule has 0 saturated heterocycles.